The van der Waals surface area contributed by atoms with Crippen molar-refractivity contribution < 1.29 is 9.85 Å². The second-order valence-electron chi connectivity index (χ2n) is 4.26. The van der Waals surface area contributed by atoms with E-state index in [0.29, 0.717) is 16.9 Å². The molecule has 0 aliphatic rings. The Bertz CT molecular complexity index is 685. The summed E-state index contributed by atoms with van der Waals surface area (Å²) in [5.74, 6) is 0. The van der Waals surface area contributed by atoms with E-state index in [2.05, 4.69) is 10.9 Å². The van der Waals surface area contributed by atoms with Gasteiger partial charge in [0.05, 0.1) is 26.8 Å². The number of nitro groups is 2. The number of nitrogens with one attached hydrogen (secondary N) is 2. The molecule has 2 aromatic rings. The summed E-state index contributed by atoms with van der Waals surface area (Å²) in [7, 11) is 0. The van der Waals surface area contributed by atoms with Crippen LogP contribution < -0.4 is 10.9 Å². The highest BCUT2D eigenvalue weighted by Crippen LogP contribution is 2.25. The van der Waals surface area contributed by atoms with Gasteiger partial charge in [-0.3, -0.25) is 20.2 Å². The molecule has 0 amide bonds. The number of anilines is 2. The number of non-ortho nitro benzene ring substituents is 1. The average Bonchev–Trinajstić information content (AvgIpc) is 2.46. The van der Waals surface area contributed by atoms with Crippen LogP contribution in [-0.4, -0.2) is 9.85 Å². The van der Waals surface area contributed by atoms with Crippen LogP contribution in [0.3, 0.4) is 0 Å². The van der Waals surface area contributed by atoms with Crippen molar-refractivity contribution in [3.05, 3.63) is 68.3 Å². The van der Waals surface area contributed by atoms with Gasteiger partial charge in [-0.15, -0.1) is 0 Å². The fraction of sp³-hybridized carbons (Fsp3) is 0.0769. The second-order valence-corrected chi connectivity index (χ2v) is 4.26. The summed E-state index contributed by atoms with van der Waals surface area (Å²) >= 11 is 0. The lowest BCUT2D eigenvalue weighted by atomic mass is 10.1. The Hall–Kier alpha value is -3.16. The Morgan fingerprint density at radius 1 is 0.905 bits per heavy atom. The van der Waals surface area contributed by atoms with Crippen LogP contribution in [0.5, 0.6) is 0 Å². The average molecular weight is 288 g/mol. The van der Waals surface area contributed by atoms with Crippen LogP contribution in [0.2, 0.25) is 0 Å². The number of hydrogen-bond donors (Lipinski definition) is 2. The lowest BCUT2D eigenvalue weighted by Gasteiger charge is -2.11. The first-order valence-corrected chi connectivity index (χ1v) is 5.99. The molecule has 0 atom stereocenters. The topological polar surface area (TPSA) is 110 Å². The molecule has 0 aliphatic carbocycles. The molecule has 21 heavy (non-hydrogen) atoms. The summed E-state index contributed by atoms with van der Waals surface area (Å²) in [6.45, 7) is 1.64. The van der Waals surface area contributed by atoms with E-state index in [1.165, 1.54) is 30.3 Å². The zero-order valence-electron chi connectivity index (χ0n) is 11.1. The van der Waals surface area contributed by atoms with E-state index in [4.69, 9.17) is 0 Å². The summed E-state index contributed by atoms with van der Waals surface area (Å²) in [4.78, 5) is 20.5. The molecule has 0 unspecified atom stereocenters. The van der Waals surface area contributed by atoms with E-state index in [1.807, 2.05) is 0 Å². The number of hydrazine groups is 1. The van der Waals surface area contributed by atoms with E-state index >= 15 is 0 Å². The van der Waals surface area contributed by atoms with E-state index in [1.54, 1.807) is 19.1 Å². The molecule has 8 heteroatoms. The summed E-state index contributed by atoms with van der Waals surface area (Å²) < 4.78 is 0. The van der Waals surface area contributed by atoms with Crippen molar-refractivity contribution >= 4 is 22.7 Å². The molecule has 108 valence electrons. The first-order valence-electron chi connectivity index (χ1n) is 5.99. The van der Waals surface area contributed by atoms with Gasteiger partial charge in [0, 0.05) is 18.2 Å². The van der Waals surface area contributed by atoms with Crippen molar-refractivity contribution in [3.63, 3.8) is 0 Å². The second kappa shape index (κ2) is 5.87. The maximum absolute atomic E-state index is 10.8. The van der Waals surface area contributed by atoms with Crippen molar-refractivity contribution in [1.82, 2.24) is 0 Å². The molecule has 2 aromatic carbocycles. The molecule has 0 radical (unpaired) electrons. The van der Waals surface area contributed by atoms with Crippen LogP contribution >= 0.6 is 0 Å². The van der Waals surface area contributed by atoms with Crippen molar-refractivity contribution in [1.29, 1.82) is 0 Å². The summed E-state index contributed by atoms with van der Waals surface area (Å²) in [5.41, 5.74) is 7.36. The molecule has 0 fully saturated rings. The third-order valence-electron chi connectivity index (χ3n) is 2.92. The number of benzene rings is 2. The van der Waals surface area contributed by atoms with E-state index in [0.717, 1.165) is 0 Å². The SMILES string of the molecule is Cc1c(NNc2ccc([N+](=O)[O-])cc2)cccc1[N+](=O)[O-]. The van der Waals surface area contributed by atoms with Crippen LogP contribution in [0.4, 0.5) is 22.7 Å². The minimum Gasteiger partial charge on any atom is -0.301 e. The van der Waals surface area contributed by atoms with E-state index in [-0.39, 0.29) is 11.4 Å². The smallest absolute Gasteiger partial charge is 0.274 e. The number of nitro benzene ring substituents is 2. The summed E-state index contributed by atoms with van der Waals surface area (Å²) in [6, 6.07) is 10.5. The van der Waals surface area contributed by atoms with Crippen LogP contribution in [0, 0.1) is 27.2 Å². The Morgan fingerprint density at radius 2 is 1.57 bits per heavy atom. The molecule has 2 N–H and O–H groups in total. The van der Waals surface area contributed by atoms with Crippen molar-refractivity contribution in [2.24, 2.45) is 0 Å². The molecule has 0 saturated carbocycles. The molecule has 0 heterocycles. The largest absolute Gasteiger partial charge is 0.301 e. The van der Waals surface area contributed by atoms with Crippen molar-refractivity contribution in [3.8, 4) is 0 Å². The maximum Gasteiger partial charge on any atom is 0.274 e. The summed E-state index contributed by atoms with van der Waals surface area (Å²) in [6.07, 6.45) is 0. The van der Waals surface area contributed by atoms with Gasteiger partial charge in [0.2, 0.25) is 0 Å². The highest BCUT2D eigenvalue weighted by Gasteiger charge is 2.12. The lowest BCUT2D eigenvalue weighted by Crippen LogP contribution is -2.10. The third-order valence-corrected chi connectivity index (χ3v) is 2.92. The summed E-state index contributed by atoms with van der Waals surface area (Å²) in [5, 5.41) is 21.4. The van der Waals surface area contributed by atoms with E-state index in [9.17, 15) is 20.2 Å². The first-order chi connectivity index (χ1) is 9.99. The molecule has 0 aromatic heterocycles. The van der Waals surface area contributed by atoms with Gasteiger partial charge in [-0.1, -0.05) is 6.07 Å². The van der Waals surface area contributed by atoms with Crippen LogP contribution in [0.1, 0.15) is 5.56 Å². The predicted molar refractivity (Wildman–Crippen MR) is 78.2 cm³/mol. The van der Waals surface area contributed by atoms with Gasteiger partial charge < -0.3 is 10.9 Å². The Labute approximate surface area is 119 Å². The zero-order chi connectivity index (χ0) is 15.4. The fourth-order valence-corrected chi connectivity index (χ4v) is 1.76. The van der Waals surface area contributed by atoms with Gasteiger partial charge in [0.15, 0.2) is 0 Å². The third kappa shape index (κ3) is 3.24. The molecule has 0 spiro atoms. The van der Waals surface area contributed by atoms with Gasteiger partial charge in [0.25, 0.3) is 11.4 Å². The van der Waals surface area contributed by atoms with Crippen LogP contribution in [-0.2, 0) is 0 Å². The van der Waals surface area contributed by atoms with Crippen LogP contribution in [0.15, 0.2) is 42.5 Å². The number of hydrogen-bond acceptors (Lipinski definition) is 6. The standard InChI is InChI=1S/C13H12N4O4/c1-9-12(3-2-4-13(9)17(20)21)15-14-10-5-7-11(8-6-10)16(18)19/h2-8,14-15H,1H3. The minimum absolute atomic E-state index is 0.00733. The lowest BCUT2D eigenvalue weighted by molar-refractivity contribution is -0.385. The molecule has 0 saturated heterocycles. The maximum atomic E-state index is 10.8. The molecular weight excluding hydrogens is 276 g/mol. The first kappa shape index (κ1) is 14.3. The zero-order valence-corrected chi connectivity index (χ0v) is 11.1. The Morgan fingerprint density at radius 3 is 2.14 bits per heavy atom. The molecule has 0 bridgehead atoms. The quantitative estimate of drug-likeness (QED) is 0.645. The van der Waals surface area contributed by atoms with Gasteiger partial charge >= 0.3 is 0 Å². The van der Waals surface area contributed by atoms with Gasteiger partial charge in [-0.05, 0) is 25.1 Å². The van der Waals surface area contributed by atoms with Gasteiger partial charge in [0.1, 0.15) is 0 Å². The molecule has 0 aliphatic heterocycles. The molecular formula is C13H12N4O4. The highest BCUT2D eigenvalue weighted by atomic mass is 16.6. The van der Waals surface area contributed by atoms with Gasteiger partial charge in [-0.2, -0.15) is 0 Å². The molecule has 2 rings (SSSR count). The Kier molecular flexibility index (Phi) is 3.98. The number of nitrogens with zero attached hydrogens (tertiary/aromatic N) is 2. The molecule has 8 nitrogen and oxygen atoms in total. The number of rotatable bonds is 5. The monoisotopic (exact) mass is 288 g/mol. The van der Waals surface area contributed by atoms with Crippen LogP contribution in [0.25, 0.3) is 0 Å². The predicted octanol–water partition coefficient (Wildman–Crippen LogP) is 3.25. The fourth-order valence-electron chi connectivity index (χ4n) is 1.76. The van der Waals surface area contributed by atoms with Crippen molar-refractivity contribution in [2.45, 2.75) is 6.92 Å². The Balaban J connectivity index is 2.11. The minimum atomic E-state index is -0.484. The van der Waals surface area contributed by atoms with Gasteiger partial charge in [-0.25, -0.2) is 0 Å². The highest BCUT2D eigenvalue weighted by molar-refractivity contribution is 5.62. The van der Waals surface area contributed by atoms with Crippen molar-refractivity contribution in [2.75, 3.05) is 10.9 Å². The van der Waals surface area contributed by atoms with E-state index < -0.39 is 9.85 Å². The normalized spacial score (nSPS) is 9.95.